The predicted molar refractivity (Wildman–Crippen MR) is 136 cm³/mol. The lowest BCUT2D eigenvalue weighted by Crippen LogP contribution is -2.27. The second-order valence-corrected chi connectivity index (χ2v) is 9.67. The summed E-state index contributed by atoms with van der Waals surface area (Å²) in [6.45, 7) is 2.50. The van der Waals surface area contributed by atoms with Gasteiger partial charge in [0.1, 0.15) is 0 Å². The lowest BCUT2D eigenvalue weighted by molar-refractivity contribution is -0.116. The van der Waals surface area contributed by atoms with Crippen LogP contribution >= 0.6 is 0 Å². The third-order valence-electron chi connectivity index (χ3n) is 5.63. The van der Waals surface area contributed by atoms with Crippen molar-refractivity contribution < 1.29 is 13.2 Å². The highest BCUT2D eigenvalue weighted by molar-refractivity contribution is 7.89. The molecule has 3 N–H and O–H groups in total. The van der Waals surface area contributed by atoms with Gasteiger partial charge < -0.3 is 10.3 Å². The van der Waals surface area contributed by atoms with E-state index in [1.165, 1.54) is 18.2 Å². The van der Waals surface area contributed by atoms with Crippen LogP contribution in [0.15, 0.2) is 96.0 Å². The van der Waals surface area contributed by atoms with Gasteiger partial charge >= 0.3 is 0 Å². The van der Waals surface area contributed by atoms with Crippen molar-refractivity contribution in [1.29, 1.82) is 0 Å². The van der Waals surface area contributed by atoms with E-state index in [1.807, 2.05) is 42.6 Å². The molecule has 6 nitrogen and oxygen atoms in total. The number of carbonyl (C=O) groups excluding carboxylic acids is 1. The average molecular weight is 474 g/mol. The molecule has 0 aliphatic heterocycles. The van der Waals surface area contributed by atoms with Crippen LogP contribution in [0.25, 0.3) is 17.0 Å². The number of carbonyl (C=O) groups is 1. The molecule has 0 spiro atoms. The number of hydrogen-bond acceptors (Lipinski definition) is 3. The number of aromatic nitrogens is 1. The van der Waals surface area contributed by atoms with Crippen LogP contribution in [0.3, 0.4) is 0 Å². The van der Waals surface area contributed by atoms with Gasteiger partial charge in [-0.15, -0.1) is 0 Å². The zero-order valence-corrected chi connectivity index (χ0v) is 19.7. The van der Waals surface area contributed by atoms with Crippen LogP contribution in [0.5, 0.6) is 0 Å². The van der Waals surface area contributed by atoms with E-state index in [0.717, 1.165) is 27.6 Å². The first-order valence-electron chi connectivity index (χ1n) is 11.1. The average Bonchev–Trinajstić information content (AvgIpc) is 3.28. The van der Waals surface area contributed by atoms with Gasteiger partial charge in [0.05, 0.1) is 4.90 Å². The van der Waals surface area contributed by atoms with Crippen molar-refractivity contribution in [1.82, 2.24) is 15.0 Å². The van der Waals surface area contributed by atoms with Crippen LogP contribution in [0.2, 0.25) is 0 Å². The first-order chi connectivity index (χ1) is 16.5. The Balaban J connectivity index is 1.47. The molecule has 1 atom stereocenters. The molecule has 0 saturated heterocycles. The van der Waals surface area contributed by atoms with E-state index in [2.05, 4.69) is 33.2 Å². The third kappa shape index (κ3) is 5.44. The SMILES string of the molecule is CCNS(=O)(=O)c1ccc(/C=C/C(=O)NCC(c2ccccc2)c2c[nH]c3ccccc23)cc1. The Morgan fingerprint density at radius 3 is 2.41 bits per heavy atom. The Morgan fingerprint density at radius 2 is 1.68 bits per heavy atom. The molecule has 0 bridgehead atoms. The fourth-order valence-corrected chi connectivity index (χ4v) is 4.98. The lowest BCUT2D eigenvalue weighted by Gasteiger charge is -2.17. The van der Waals surface area contributed by atoms with Crippen molar-refractivity contribution in [3.05, 3.63) is 108 Å². The quantitative estimate of drug-likeness (QED) is 0.314. The summed E-state index contributed by atoms with van der Waals surface area (Å²) in [5.74, 6) is -0.227. The Kier molecular flexibility index (Phi) is 7.25. The molecule has 0 aliphatic carbocycles. The van der Waals surface area contributed by atoms with Crippen LogP contribution in [-0.4, -0.2) is 32.4 Å². The molecular formula is C27H27N3O3S. The maximum absolute atomic E-state index is 12.6. The van der Waals surface area contributed by atoms with E-state index < -0.39 is 10.0 Å². The Hall–Kier alpha value is -3.68. The summed E-state index contributed by atoms with van der Waals surface area (Å²) < 4.78 is 26.6. The molecule has 1 aromatic heterocycles. The highest BCUT2D eigenvalue weighted by Gasteiger charge is 2.18. The van der Waals surface area contributed by atoms with E-state index in [9.17, 15) is 13.2 Å². The number of H-pyrrole nitrogens is 1. The lowest BCUT2D eigenvalue weighted by atomic mass is 9.91. The number of amides is 1. The summed E-state index contributed by atoms with van der Waals surface area (Å²) >= 11 is 0. The zero-order chi connectivity index (χ0) is 24.0. The van der Waals surface area contributed by atoms with E-state index in [1.54, 1.807) is 25.1 Å². The normalized spacial score (nSPS) is 12.7. The van der Waals surface area contributed by atoms with Gasteiger partial charge in [0.15, 0.2) is 0 Å². The Labute approximate surface area is 199 Å². The molecule has 0 fully saturated rings. The van der Waals surface area contributed by atoms with E-state index in [-0.39, 0.29) is 16.7 Å². The fraction of sp³-hybridized carbons (Fsp3) is 0.148. The first kappa shape index (κ1) is 23.5. The predicted octanol–water partition coefficient (Wildman–Crippen LogP) is 4.43. The van der Waals surface area contributed by atoms with Crippen LogP contribution in [0, 0.1) is 0 Å². The molecule has 4 rings (SSSR count). The van der Waals surface area contributed by atoms with Crippen LogP contribution < -0.4 is 10.0 Å². The number of para-hydroxylation sites is 1. The summed E-state index contributed by atoms with van der Waals surface area (Å²) in [6, 6.07) is 24.6. The van der Waals surface area contributed by atoms with Gasteiger partial charge in [0, 0.05) is 42.2 Å². The summed E-state index contributed by atoms with van der Waals surface area (Å²) in [5.41, 5.74) is 4.05. The van der Waals surface area contributed by atoms with Crippen LogP contribution in [0.1, 0.15) is 29.5 Å². The van der Waals surface area contributed by atoms with Crippen molar-refractivity contribution in [3.63, 3.8) is 0 Å². The molecule has 1 unspecified atom stereocenters. The second kappa shape index (κ2) is 10.5. The molecule has 1 heterocycles. The third-order valence-corrected chi connectivity index (χ3v) is 7.19. The minimum atomic E-state index is -3.50. The van der Waals surface area contributed by atoms with Crippen molar-refractivity contribution in [3.8, 4) is 0 Å². The van der Waals surface area contributed by atoms with E-state index >= 15 is 0 Å². The van der Waals surface area contributed by atoms with Crippen LogP contribution in [0.4, 0.5) is 0 Å². The van der Waals surface area contributed by atoms with Crippen molar-refractivity contribution in [2.45, 2.75) is 17.7 Å². The van der Waals surface area contributed by atoms with Crippen molar-refractivity contribution in [2.24, 2.45) is 0 Å². The molecule has 7 heteroatoms. The maximum atomic E-state index is 12.6. The summed E-state index contributed by atoms with van der Waals surface area (Å²) in [4.78, 5) is 16.1. The van der Waals surface area contributed by atoms with Gasteiger partial charge in [0.2, 0.25) is 15.9 Å². The highest BCUT2D eigenvalue weighted by atomic mass is 32.2. The maximum Gasteiger partial charge on any atom is 0.244 e. The van der Waals surface area contributed by atoms with Gasteiger partial charge in [0.25, 0.3) is 0 Å². The molecule has 0 saturated carbocycles. The van der Waals surface area contributed by atoms with E-state index in [4.69, 9.17) is 0 Å². The van der Waals surface area contributed by atoms with Gasteiger partial charge in [-0.1, -0.05) is 67.6 Å². The van der Waals surface area contributed by atoms with Gasteiger partial charge in [-0.2, -0.15) is 0 Å². The van der Waals surface area contributed by atoms with Gasteiger partial charge in [-0.25, -0.2) is 13.1 Å². The zero-order valence-electron chi connectivity index (χ0n) is 18.9. The van der Waals surface area contributed by atoms with Crippen LogP contribution in [-0.2, 0) is 14.8 Å². The number of rotatable bonds is 9. The number of nitrogens with one attached hydrogen (secondary N) is 3. The Bertz CT molecular complexity index is 1390. The number of sulfonamides is 1. The molecule has 174 valence electrons. The first-order valence-corrected chi connectivity index (χ1v) is 12.6. The topological polar surface area (TPSA) is 91.1 Å². The molecule has 0 radical (unpaired) electrons. The monoisotopic (exact) mass is 473 g/mol. The summed E-state index contributed by atoms with van der Waals surface area (Å²) in [6.07, 6.45) is 5.14. The molecule has 34 heavy (non-hydrogen) atoms. The number of fused-ring (bicyclic) bond motifs is 1. The smallest absolute Gasteiger partial charge is 0.244 e. The molecule has 0 aliphatic rings. The molecule has 4 aromatic rings. The minimum Gasteiger partial charge on any atom is -0.361 e. The largest absolute Gasteiger partial charge is 0.361 e. The van der Waals surface area contributed by atoms with Gasteiger partial charge in [-0.3, -0.25) is 4.79 Å². The van der Waals surface area contributed by atoms with E-state index in [0.29, 0.717) is 13.1 Å². The fourth-order valence-electron chi connectivity index (χ4n) is 3.94. The number of benzene rings is 3. The minimum absolute atomic E-state index is 0.00902. The molecular weight excluding hydrogens is 446 g/mol. The highest BCUT2D eigenvalue weighted by Crippen LogP contribution is 2.30. The van der Waals surface area contributed by atoms with Crippen molar-refractivity contribution in [2.75, 3.05) is 13.1 Å². The molecule has 3 aromatic carbocycles. The number of hydrogen-bond donors (Lipinski definition) is 3. The number of aromatic amines is 1. The summed E-state index contributed by atoms with van der Waals surface area (Å²) in [7, 11) is -3.50. The summed E-state index contributed by atoms with van der Waals surface area (Å²) in [5, 5.41) is 4.14. The standard InChI is InChI=1S/C27H27N3O3S/c1-2-30-34(32,33)22-15-12-20(13-16-22)14-17-27(31)29-18-24(21-8-4-3-5-9-21)25-19-28-26-11-7-6-10-23(25)26/h3-17,19,24,28,30H,2,18H2,1H3,(H,29,31)/b17-14+. The second-order valence-electron chi connectivity index (χ2n) is 7.90. The Morgan fingerprint density at radius 1 is 0.971 bits per heavy atom. The molecule has 1 amide bonds. The van der Waals surface area contributed by atoms with Crippen molar-refractivity contribution >= 4 is 32.9 Å². The van der Waals surface area contributed by atoms with Gasteiger partial charge in [-0.05, 0) is 41.0 Å².